The molecule has 1 saturated heterocycles. The van der Waals surface area contributed by atoms with Crippen molar-refractivity contribution in [1.29, 1.82) is 0 Å². The van der Waals surface area contributed by atoms with E-state index in [1.807, 2.05) is 31.7 Å². The predicted octanol–water partition coefficient (Wildman–Crippen LogP) is 4.02. The molecule has 0 spiro atoms. The van der Waals surface area contributed by atoms with Gasteiger partial charge in [0.1, 0.15) is 4.88 Å². The van der Waals surface area contributed by atoms with Gasteiger partial charge in [-0.15, -0.1) is 11.3 Å². The summed E-state index contributed by atoms with van der Waals surface area (Å²) < 4.78 is 0. The normalized spacial score (nSPS) is 14.7. The van der Waals surface area contributed by atoms with Crippen LogP contribution in [-0.4, -0.2) is 50.4 Å². The molecule has 0 bridgehead atoms. The number of nitrogens with one attached hydrogen (secondary N) is 1. The second-order valence-electron chi connectivity index (χ2n) is 7.00. The van der Waals surface area contributed by atoms with Crippen molar-refractivity contribution in [2.24, 2.45) is 0 Å². The lowest BCUT2D eigenvalue weighted by atomic mass is 10.1. The van der Waals surface area contributed by atoms with Crippen molar-refractivity contribution in [3.63, 3.8) is 0 Å². The molecule has 0 radical (unpaired) electrons. The highest BCUT2D eigenvalue weighted by Gasteiger charge is 2.18. The van der Waals surface area contributed by atoms with E-state index in [0.717, 1.165) is 30.9 Å². The van der Waals surface area contributed by atoms with Gasteiger partial charge in [-0.3, -0.25) is 9.69 Å². The van der Waals surface area contributed by atoms with Gasteiger partial charge in [0.25, 0.3) is 5.91 Å². The van der Waals surface area contributed by atoms with E-state index in [4.69, 9.17) is 0 Å². The highest BCUT2D eigenvalue weighted by molar-refractivity contribution is 7.99. The van der Waals surface area contributed by atoms with Crippen molar-refractivity contribution in [3.8, 4) is 10.8 Å². The van der Waals surface area contributed by atoms with E-state index in [1.165, 1.54) is 28.4 Å². The van der Waals surface area contributed by atoms with Crippen LogP contribution in [0.4, 0.5) is 5.69 Å². The highest BCUT2D eigenvalue weighted by atomic mass is 32.2. The Labute approximate surface area is 178 Å². The Morgan fingerprint density at radius 1 is 1.17 bits per heavy atom. The van der Waals surface area contributed by atoms with Crippen molar-refractivity contribution < 1.29 is 4.79 Å². The summed E-state index contributed by atoms with van der Waals surface area (Å²) in [5.74, 6) is 2.80. The third-order valence-electron chi connectivity index (χ3n) is 4.81. The largest absolute Gasteiger partial charge is 0.321 e. The first-order valence-corrected chi connectivity index (χ1v) is 11.5. The van der Waals surface area contributed by atoms with Crippen LogP contribution in [0.2, 0.25) is 0 Å². The van der Waals surface area contributed by atoms with E-state index < -0.39 is 0 Å². The van der Waals surface area contributed by atoms with Crippen LogP contribution in [0.25, 0.3) is 10.8 Å². The molecule has 1 fully saturated rings. The summed E-state index contributed by atoms with van der Waals surface area (Å²) in [7, 11) is 0. The highest BCUT2D eigenvalue weighted by Crippen LogP contribution is 2.27. The van der Waals surface area contributed by atoms with Gasteiger partial charge in [0.15, 0.2) is 10.8 Å². The maximum atomic E-state index is 12.8. The van der Waals surface area contributed by atoms with Gasteiger partial charge in [-0.2, -0.15) is 11.8 Å². The molecular weight excluding hydrogens is 402 g/mol. The van der Waals surface area contributed by atoms with Gasteiger partial charge in [0, 0.05) is 49.2 Å². The fourth-order valence-electron chi connectivity index (χ4n) is 3.27. The number of hydrogen-bond acceptors (Lipinski definition) is 7. The molecule has 6 nitrogen and oxygen atoms in total. The van der Waals surface area contributed by atoms with Crippen molar-refractivity contribution in [3.05, 3.63) is 58.4 Å². The van der Waals surface area contributed by atoms with Crippen LogP contribution in [0, 0.1) is 13.8 Å². The zero-order valence-corrected chi connectivity index (χ0v) is 18.1. The average molecular weight is 426 g/mol. The number of carbonyl (C=O) groups is 1. The van der Waals surface area contributed by atoms with Crippen LogP contribution >= 0.6 is 23.1 Å². The molecule has 3 aromatic rings. The first kappa shape index (κ1) is 20.0. The molecule has 1 aliphatic rings. The Morgan fingerprint density at radius 3 is 2.66 bits per heavy atom. The first-order chi connectivity index (χ1) is 14.1. The third kappa shape index (κ3) is 4.83. The van der Waals surface area contributed by atoms with Crippen molar-refractivity contribution in [2.45, 2.75) is 20.4 Å². The Bertz CT molecular complexity index is 1000. The number of carbonyl (C=O) groups excluding carboxylic acids is 1. The summed E-state index contributed by atoms with van der Waals surface area (Å²) in [5, 5.41) is 3.69. The topological polar surface area (TPSA) is 71.0 Å². The van der Waals surface area contributed by atoms with Crippen molar-refractivity contribution in [2.75, 3.05) is 29.9 Å². The van der Waals surface area contributed by atoms with E-state index in [-0.39, 0.29) is 5.91 Å². The van der Waals surface area contributed by atoms with Gasteiger partial charge < -0.3 is 5.32 Å². The van der Waals surface area contributed by atoms with E-state index in [1.54, 1.807) is 18.5 Å². The molecule has 2 aromatic heterocycles. The standard InChI is InChI=1S/C21H23N5OS2/c1-14-12-16(13-26-8-10-28-11-9-26)4-5-17(14)25-20(27)18-15(2)24-21(29-18)19-22-6-3-7-23-19/h3-7,12H,8-11,13H2,1-2H3,(H,25,27). The number of aromatic nitrogens is 3. The van der Waals surface area contributed by atoms with Crippen molar-refractivity contribution >= 4 is 34.7 Å². The molecule has 150 valence electrons. The second-order valence-corrected chi connectivity index (χ2v) is 9.22. The summed E-state index contributed by atoms with van der Waals surface area (Å²) in [6, 6.07) is 8.03. The number of benzene rings is 1. The molecule has 1 N–H and O–H groups in total. The van der Waals surface area contributed by atoms with Crippen LogP contribution < -0.4 is 5.32 Å². The predicted molar refractivity (Wildman–Crippen MR) is 120 cm³/mol. The van der Waals surface area contributed by atoms with Crippen LogP contribution in [0.3, 0.4) is 0 Å². The molecule has 1 aliphatic heterocycles. The summed E-state index contributed by atoms with van der Waals surface area (Å²) in [6.45, 7) is 7.11. The van der Waals surface area contributed by atoms with E-state index in [2.05, 4.69) is 37.3 Å². The lowest BCUT2D eigenvalue weighted by Crippen LogP contribution is -2.31. The van der Waals surface area contributed by atoms with Crippen LogP contribution in [0.15, 0.2) is 36.7 Å². The molecule has 1 aromatic carbocycles. The zero-order valence-electron chi connectivity index (χ0n) is 16.5. The molecule has 8 heteroatoms. The minimum atomic E-state index is -0.147. The Balaban J connectivity index is 1.46. The maximum absolute atomic E-state index is 12.8. The Kier molecular flexibility index (Phi) is 6.22. The summed E-state index contributed by atoms with van der Waals surface area (Å²) in [4.78, 5) is 28.8. The minimum absolute atomic E-state index is 0.147. The molecule has 0 saturated carbocycles. The van der Waals surface area contributed by atoms with Crippen LogP contribution in [0.1, 0.15) is 26.5 Å². The van der Waals surface area contributed by atoms with E-state index in [9.17, 15) is 4.79 Å². The molecule has 3 heterocycles. The second kappa shape index (κ2) is 9.02. The van der Waals surface area contributed by atoms with Crippen LogP contribution in [-0.2, 0) is 6.54 Å². The Hall–Kier alpha value is -2.29. The third-order valence-corrected chi connectivity index (χ3v) is 6.90. The summed E-state index contributed by atoms with van der Waals surface area (Å²) in [6.07, 6.45) is 3.35. The Morgan fingerprint density at radius 2 is 1.93 bits per heavy atom. The molecule has 29 heavy (non-hydrogen) atoms. The van der Waals surface area contributed by atoms with Gasteiger partial charge in [-0.1, -0.05) is 12.1 Å². The van der Waals surface area contributed by atoms with Gasteiger partial charge in [-0.25, -0.2) is 15.0 Å². The van der Waals surface area contributed by atoms with Gasteiger partial charge >= 0.3 is 0 Å². The quantitative estimate of drug-likeness (QED) is 0.666. The number of thioether (sulfide) groups is 1. The number of thiazole rings is 1. The number of aryl methyl sites for hydroxylation is 2. The van der Waals surface area contributed by atoms with Gasteiger partial charge in [-0.05, 0) is 37.1 Å². The molecule has 0 atom stereocenters. The fraction of sp³-hybridized carbons (Fsp3) is 0.333. The number of nitrogens with zero attached hydrogens (tertiary/aromatic N) is 4. The molecule has 4 rings (SSSR count). The van der Waals surface area contributed by atoms with Crippen molar-refractivity contribution in [1.82, 2.24) is 19.9 Å². The van der Waals surface area contributed by atoms with Gasteiger partial charge in [0.2, 0.25) is 0 Å². The molecule has 0 unspecified atom stereocenters. The smallest absolute Gasteiger partial charge is 0.267 e. The lowest BCUT2D eigenvalue weighted by Gasteiger charge is -2.26. The minimum Gasteiger partial charge on any atom is -0.321 e. The SMILES string of the molecule is Cc1cc(CN2CCSCC2)ccc1NC(=O)c1sc(-c2ncccn2)nc1C. The summed E-state index contributed by atoms with van der Waals surface area (Å²) >= 11 is 3.34. The van der Waals surface area contributed by atoms with Crippen LogP contribution in [0.5, 0.6) is 0 Å². The first-order valence-electron chi connectivity index (χ1n) is 9.56. The summed E-state index contributed by atoms with van der Waals surface area (Å²) in [5.41, 5.74) is 3.87. The fourth-order valence-corrected chi connectivity index (χ4v) is 5.16. The van der Waals surface area contributed by atoms with Gasteiger partial charge in [0.05, 0.1) is 5.69 Å². The maximum Gasteiger partial charge on any atom is 0.267 e. The molecule has 1 amide bonds. The zero-order chi connectivity index (χ0) is 20.2. The molecular formula is C21H23N5OS2. The van der Waals surface area contributed by atoms with E-state index in [0.29, 0.717) is 21.4 Å². The number of amides is 1. The van der Waals surface area contributed by atoms with E-state index >= 15 is 0 Å². The lowest BCUT2D eigenvalue weighted by molar-refractivity contribution is 0.102. The number of anilines is 1. The number of hydrogen-bond donors (Lipinski definition) is 1. The monoisotopic (exact) mass is 425 g/mol. The number of rotatable bonds is 5. The average Bonchev–Trinajstić information content (AvgIpc) is 3.13. The molecule has 0 aliphatic carbocycles.